The molecule has 0 radical (unpaired) electrons. The maximum absolute atomic E-state index is 12.6. The second-order valence-electron chi connectivity index (χ2n) is 14.7. The molecule has 0 amide bonds. The zero-order chi connectivity index (χ0) is 29.0. The molecule has 0 saturated carbocycles. The predicted molar refractivity (Wildman–Crippen MR) is 161 cm³/mol. The predicted octanol–water partition coefficient (Wildman–Crippen LogP) is 9.61. The lowest BCUT2D eigenvalue weighted by Crippen LogP contribution is -2.18. The van der Waals surface area contributed by atoms with E-state index in [-0.39, 0.29) is 33.0 Å². The Hall–Kier alpha value is -3.07. The van der Waals surface area contributed by atoms with Gasteiger partial charge in [-0.2, -0.15) is 0 Å². The van der Waals surface area contributed by atoms with Crippen molar-refractivity contribution in [3.05, 3.63) is 76.3 Å². The molecule has 2 N–H and O–H groups in total. The van der Waals surface area contributed by atoms with Gasteiger partial charge >= 0.3 is 5.97 Å². The number of hydrogen-bond donors (Lipinski definition) is 2. The van der Waals surface area contributed by atoms with E-state index in [0.717, 1.165) is 27.8 Å². The molecule has 3 aromatic rings. The number of hydrogen-bond acceptors (Lipinski definition) is 2. The highest BCUT2D eigenvalue weighted by molar-refractivity contribution is 6.03. The first-order valence-electron chi connectivity index (χ1n) is 13.5. The van der Waals surface area contributed by atoms with Crippen LogP contribution in [0.25, 0.3) is 22.3 Å². The molecule has 0 bridgehead atoms. The fourth-order valence-electron chi connectivity index (χ4n) is 4.83. The highest BCUT2D eigenvalue weighted by atomic mass is 16.4. The number of phenols is 1. The molecule has 204 valence electrons. The maximum Gasteiger partial charge on any atom is 0.336 e. The van der Waals surface area contributed by atoms with Crippen LogP contribution in [-0.4, -0.2) is 16.2 Å². The minimum Gasteiger partial charge on any atom is -0.507 e. The normalized spacial score (nSPS) is 13.1. The highest BCUT2D eigenvalue weighted by Gasteiger charge is 2.29. The lowest BCUT2D eigenvalue weighted by molar-refractivity contribution is 0.0697. The van der Waals surface area contributed by atoms with Gasteiger partial charge in [-0.3, -0.25) is 0 Å². The number of aromatic hydroxyl groups is 1. The summed E-state index contributed by atoms with van der Waals surface area (Å²) in [6.45, 7) is 26.1. The van der Waals surface area contributed by atoms with Gasteiger partial charge in [0.25, 0.3) is 0 Å². The molecule has 3 nitrogen and oxygen atoms in total. The molecule has 0 aliphatic rings. The average molecular weight is 515 g/mol. The Bertz CT molecular complexity index is 1330. The molecular formula is C35H46O3. The minimum atomic E-state index is -1.01. The van der Waals surface area contributed by atoms with Crippen molar-refractivity contribution < 1.29 is 15.0 Å². The molecule has 0 aliphatic heterocycles. The van der Waals surface area contributed by atoms with E-state index in [1.807, 2.05) is 0 Å². The summed E-state index contributed by atoms with van der Waals surface area (Å²) in [6, 6.07) is 15.8. The topological polar surface area (TPSA) is 57.5 Å². The van der Waals surface area contributed by atoms with Crippen LogP contribution in [0.3, 0.4) is 0 Å². The molecule has 3 rings (SSSR count). The van der Waals surface area contributed by atoms with E-state index >= 15 is 0 Å². The van der Waals surface area contributed by atoms with Gasteiger partial charge in [0, 0.05) is 11.1 Å². The summed E-state index contributed by atoms with van der Waals surface area (Å²) >= 11 is 0. The van der Waals surface area contributed by atoms with Crippen LogP contribution in [-0.2, 0) is 21.7 Å². The van der Waals surface area contributed by atoms with E-state index in [4.69, 9.17) is 0 Å². The van der Waals surface area contributed by atoms with Gasteiger partial charge in [0.1, 0.15) is 5.75 Å². The number of rotatable bonds is 3. The fraction of sp³-hybridized carbons (Fsp3) is 0.457. The second-order valence-corrected chi connectivity index (χ2v) is 14.7. The molecule has 0 aliphatic carbocycles. The van der Waals surface area contributed by atoms with E-state index in [1.165, 1.54) is 17.7 Å². The number of carbonyl (C=O) groups is 1. The summed E-state index contributed by atoms with van der Waals surface area (Å²) in [5.74, 6) is -0.930. The lowest BCUT2D eigenvalue weighted by atomic mass is 9.75. The van der Waals surface area contributed by atoms with Crippen molar-refractivity contribution in [3.63, 3.8) is 0 Å². The molecular weight excluding hydrogens is 468 g/mol. The third-order valence-corrected chi connectivity index (χ3v) is 7.33. The number of carboxylic acid groups (broad SMARTS) is 1. The average Bonchev–Trinajstić information content (AvgIpc) is 2.75. The summed E-state index contributed by atoms with van der Waals surface area (Å²) in [4.78, 5) is 12.6. The monoisotopic (exact) mass is 514 g/mol. The van der Waals surface area contributed by atoms with Gasteiger partial charge < -0.3 is 10.2 Å². The quantitative estimate of drug-likeness (QED) is 0.366. The SMILES string of the molecule is CC(C)(C)c1cc(-c2c(C(=O)O)ccc(O)c2-c2ccc(C(C)(C)C)cc2C(C)(C)C)cc(C(C)(C)C)c1. The van der Waals surface area contributed by atoms with Gasteiger partial charge in [0.15, 0.2) is 0 Å². The molecule has 0 atom stereocenters. The summed E-state index contributed by atoms with van der Waals surface area (Å²) in [5, 5.41) is 21.7. The number of phenolic OH excluding ortho intramolecular Hbond substituents is 1. The second kappa shape index (κ2) is 9.59. The van der Waals surface area contributed by atoms with Gasteiger partial charge in [-0.05, 0) is 67.2 Å². The van der Waals surface area contributed by atoms with Crippen LogP contribution in [0.4, 0.5) is 0 Å². The van der Waals surface area contributed by atoms with Crippen LogP contribution in [0.5, 0.6) is 5.75 Å². The fourth-order valence-corrected chi connectivity index (χ4v) is 4.83. The molecule has 0 spiro atoms. The largest absolute Gasteiger partial charge is 0.507 e. The number of aromatic carboxylic acids is 1. The molecule has 0 heterocycles. The van der Waals surface area contributed by atoms with Crippen LogP contribution in [0.15, 0.2) is 48.5 Å². The van der Waals surface area contributed by atoms with Gasteiger partial charge in [0.2, 0.25) is 0 Å². The molecule has 0 fully saturated rings. The van der Waals surface area contributed by atoms with Crippen LogP contribution in [0.1, 0.15) is 116 Å². The molecule has 0 aromatic heterocycles. The first-order chi connectivity index (χ1) is 17.1. The Labute approximate surface area is 229 Å². The van der Waals surface area contributed by atoms with E-state index in [9.17, 15) is 15.0 Å². The molecule has 3 heteroatoms. The summed E-state index contributed by atoms with van der Waals surface area (Å²) in [7, 11) is 0. The zero-order valence-corrected chi connectivity index (χ0v) is 25.4. The van der Waals surface area contributed by atoms with Gasteiger partial charge in [-0.1, -0.05) is 119 Å². The van der Waals surface area contributed by atoms with Gasteiger partial charge in [0.05, 0.1) is 5.56 Å². The Kier molecular flexibility index (Phi) is 7.44. The Morgan fingerprint density at radius 3 is 1.50 bits per heavy atom. The number of carboxylic acids is 1. The van der Waals surface area contributed by atoms with E-state index in [2.05, 4.69) is 119 Å². The van der Waals surface area contributed by atoms with Crippen LogP contribution in [0, 0.1) is 0 Å². The summed E-state index contributed by atoms with van der Waals surface area (Å²) in [6.07, 6.45) is 0. The van der Waals surface area contributed by atoms with Crippen molar-refractivity contribution in [1.82, 2.24) is 0 Å². The van der Waals surface area contributed by atoms with Gasteiger partial charge in [-0.25, -0.2) is 4.79 Å². The van der Waals surface area contributed by atoms with E-state index < -0.39 is 5.97 Å². The molecule has 0 unspecified atom stereocenters. The van der Waals surface area contributed by atoms with Crippen LogP contribution in [0.2, 0.25) is 0 Å². The van der Waals surface area contributed by atoms with Crippen molar-refractivity contribution in [1.29, 1.82) is 0 Å². The van der Waals surface area contributed by atoms with Crippen molar-refractivity contribution in [2.75, 3.05) is 0 Å². The Balaban J connectivity index is 2.56. The van der Waals surface area contributed by atoms with E-state index in [0.29, 0.717) is 11.1 Å². The highest BCUT2D eigenvalue weighted by Crippen LogP contribution is 2.47. The molecule has 38 heavy (non-hydrogen) atoms. The summed E-state index contributed by atoms with van der Waals surface area (Å²) in [5.41, 5.74) is 6.96. The van der Waals surface area contributed by atoms with E-state index in [1.54, 1.807) is 0 Å². The van der Waals surface area contributed by atoms with Crippen molar-refractivity contribution in [2.45, 2.75) is 105 Å². The summed E-state index contributed by atoms with van der Waals surface area (Å²) < 4.78 is 0. The number of benzene rings is 3. The van der Waals surface area contributed by atoms with Crippen LogP contribution < -0.4 is 0 Å². The van der Waals surface area contributed by atoms with Gasteiger partial charge in [-0.15, -0.1) is 0 Å². The minimum absolute atomic E-state index is 0.0467. The van der Waals surface area contributed by atoms with Crippen molar-refractivity contribution >= 4 is 5.97 Å². The first-order valence-corrected chi connectivity index (χ1v) is 13.5. The molecule has 3 aromatic carbocycles. The Morgan fingerprint density at radius 1 is 0.579 bits per heavy atom. The smallest absolute Gasteiger partial charge is 0.336 e. The third kappa shape index (κ3) is 5.98. The Morgan fingerprint density at radius 2 is 1.08 bits per heavy atom. The van der Waals surface area contributed by atoms with Crippen LogP contribution >= 0.6 is 0 Å². The first kappa shape index (κ1) is 29.5. The maximum atomic E-state index is 12.6. The van der Waals surface area contributed by atoms with Crippen molar-refractivity contribution in [2.24, 2.45) is 0 Å². The standard InChI is InChI=1S/C35H46O3/c1-32(2,3)22-13-14-25(27(20-22)35(10,11)12)30-28(36)16-15-26(31(37)38)29(30)21-17-23(33(4,5)6)19-24(18-21)34(7,8)9/h13-20,36H,1-12H3,(H,37,38). The zero-order valence-electron chi connectivity index (χ0n) is 25.4. The molecule has 0 saturated heterocycles. The third-order valence-electron chi connectivity index (χ3n) is 7.33. The lowest BCUT2D eigenvalue weighted by Gasteiger charge is -2.30. The van der Waals surface area contributed by atoms with Crippen molar-refractivity contribution in [3.8, 4) is 28.0 Å².